The Labute approximate surface area is 196 Å². The molecule has 0 atom stereocenters. The Morgan fingerprint density at radius 1 is 0.588 bits per heavy atom. The fraction of sp³-hybridized carbons (Fsp3) is 0.273. The molecular formula is C22H26N4O8. The van der Waals surface area contributed by atoms with Gasteiger partial charge in [0.25, 0.3) is 0 Å². The molecule has 0 bridgehead atoms. The van der Waals surface area contributed by atoms with Crippen molar-refractivity contribution in [2.45, 2.75) is 0 Å². The lowest BCUT2D eigenvalue weighted by molar-refractivity contribution is -0.139. The fourth-order valence-corrected chi connectivity index (χ4v) is 2.87. The van der Waals surface area contributed by atoms with Crippen molar-refractivity contribution in [2.24, 2.45) is 10.2 Å². The van der Waals surface area contributed by atoms with Crippen LogP contribution in [0.5, 0.6) is 34.5 Å². The van der Waals surface area contributed by atoms with Crippen molar-refractivity contribution in [3.05, 3.63) is 35.4 Å². The number of carbonyl (C=O) groups is 2. The van der Waals surface area contributed by atoms with E-state index in [-0.39, 0.29) is 0 Å². The molecule has 0 saturated carbocycles. The standard InChI is InChI=1S/C22H26N4O8/c1-29-15-9-7-13(17(31-3)19(15)33-5)11-23-25-21(27)22(28)26-24-12-14-8-10-16(30-2)20(34-6)18(14)32-4/h7-12H,1-6H3,(H,25,27)(H,26,28). The van der Waals surface area contributed by atoms with Crippen LogP contribution in [-0.4, -0.2) is 66.9 Å². The number of methoxy groups -OCH3 is 6. The van der Waals surface area contributed by atoms with Gasteiger partial charge in [-0.15, -0.1) is 0 Å². The summed E-state index contributed by atoms with van der Waals surface area (Å²) in [4.78, 5) is 24.0. The maximum atomic E-state index is 12.0. The molecule has 0 aromatic heterocycles. The van der Waals surface area contributed by atoms with Crippen molar-refractivity contribution in [1.29, 1.82) is 0 Å². The maximum absolute atomic E-state index is 12.0. The van der Waals surface area contributed by atoms with Crippen LogP contribution in [0.2, 0.25) is 0 Å². The van der Waals surface area contributed by atoms with Crippen molar-refractivity contribution in [2.75, 3.05) is 42.7 Å². The number of hydrogen-bond acceptors (Lipinski definition) is 10. The number of carbonyl (C=O) groups excluding carboxylic acids is 2. The molecule has 0 radical (unpaired) electrons. The number of rotatable bonds is 10. The Kier molecular flexibility index (Phi) is 9.50. The minimum absolute atomic E-state index is 0.345. The van der Waals surface area contributed by atoms with Crippen LogP contribution in [0.15, 0.2) is 34.5 Å². The zero-order chi connectivity index (χ0) is 25.1. The molecule has 2 N–H and O–H groups in total. The van der Waals surface area contributed by atoms with E-state index in [1.807, 2.05) is 0 Å². The van der Waals surface area contributed by atoms with E-state index in [4.69, 9.17) is 28.4 Å². The van der Waals surface area contributed by atoms with Crippen molar-refractivity contribution >= 4 is 24.2 Å². The van der Waals surface area contributed by atoms with Crippen LogP contribution >= 0.6 is 0 Å². The second-order valence-corrected chi connectivity index (χ2v) is 6.25. The van der Waals surface area contributed by atoms with E-state index in [0.29, 0.717) is 45.6 Å². The first-order chi connectivity index (χ1) is 16.4. The Morgan fingerprint density at radius 3 is 1.24 bits per heavy atom. The van der Waals surface area contributed by atoms with Crippen LogP contribution in [-0.2, 0) is 9.59 Å². The first kappa shape index (κ1) is 25.8. The number of ether oxygens (including phenoxy) is 6. The van der Waals surface area contributed by atoms with Crippen LogP contribution in [0.3, 0.4) is 0 Å². The lowest BCUT2D eigenvalue weighted by Crippen LogP contribution is -2.35. The smallest absolute Gasteiger partial charge is 0.331 e. The molecule has 2 aromatic carbocycles. The van der Waals surface area contributed by atoms with Crippen LogP contribution in [0.4, 0.5) is 0 Å². The zero-order valence-corrected chi connectivity index (χ0v) is 19.6. The lowest BCUT2D eigenvalue weighted by Gasteiger charge is -2.13. The summed E-state index contributed by atoms with van der Waals surface area (Å²) in [5, 5.41) is 7.55. The third kappa shape index (κ3) is 5.85. The summed E-state index contributed by atoms with van der Waals surface area (Å²) in [6.45, 7) is 0. The zero-order valence-electron chi connectivity index (χ0n) is 19.6. The number of benzene rings is 2. The molecule has 0 aliphatic rings. The first-order valence-electron chi connectivity index (χ1n) is 9.69. The molecular weight excluding hydrogens is 448 g/mol. The molecule has 182 valence electrons. The second-order valence-electron chi connectivity index (χ2n) is 6.25. The van der Waals surface area contributed by atoms with Crippen LogP contribution in [0.25, 0.3) is 0 Å². The number of amides is 2. The minimum Gasteiger partial charge on any atom is -0.493 e. The predicted octanol–water partition coefficient (Wildman–Crippen LogP) is 1.34. The van der Waals surface area contributed by atoms with Gasteiger partial charge in [0.15, 0.2) is 23.0 Å². The Hall–Kier alpha value is -4.48. The van der Waals surface area contributed by atoms with Crippen LogP contribution < -0.4 is 39.3 Å². The molecule has 12 nitrogen and oxygen atoms in total. The van der Waals surface area contributed by atoms with Gasteiger partial charge in [-0.1, -0.05) is 0 Å². The number of nitrogens with zero attached hydrogens (tertiary/aromatic N) is 2. The molecule has 2 rings (SSSR count). The molecule has 2 amide bonds. The highest BCUT2D eigenvalue weighted by Gasteiger charge is 2.17. The average molecular weight is 474 g/mol. The van der Waals surface area contributed by atoms with Gasteiger partial charge in [-0.2, -0.15) is 10.2 Å². The third-order valence-corrected chi connectivity index (χ3v) is 4.41. The summed E-state index contributed by atoms with van der Waals surface area (Å²) in [5.74, 6) is 0.262. The molecule has 0 fully saturated rings. The van der Waals surface area contributed by atoms with E-state index in [1.165, 1.54) is 55.1 Å². The highest BCUT2D eigenvalue weighted by Crippen LogP contribution is 2.39. The lowest BCUT2D eigenvalue weighted by atomic mass is 10.2. The second kappa shape index (κ2) is 12.5. The molecule has 2 aromatic rings. The van der Waals surface area contributed by atoms with Crippen LogP contribution in [0, 0.1) is 0 Å². The summed E-state index contributed by atoms with van der Waals surface area (Å²) in [6, 6.07) is 6.59. The summed E-state index contributed by atoms with van der Waals surface area (Å²) in [5.41, 5.74) is 5.19. The van der Waals surface area contributed by atoms with Crippen molar-refractivity contribution in [3.63, 3.8) is 0 Å². The SMILES string of the molecule is COc1ccc(C=NNC(=O)C(=O)NN=Cc2ccc(OC)c(OC)c2OC)c(OC)c1OC. The summed E-state index contributed by atoms with van der Waals surface area (Å²) in [7, 11) is 8.82. The number of nitrogens with one attached hydrogen (secondary N) is 2. The van der Waals surface area contributed by atoms with Gasteiger partial charge in [0.05, 0.1) is 55.1 Å². The highest BCUT2D eigenvalue weighted by atomic mass is 16.5. The minimum atomic E-state index is -1.04. The van der Waals surface area contributed by atoms with Gasteiger partial charge in [-0.3, -0.25) is 9.59 Å². The normalized spacial score (nSPS) is 10.6. The topological polar surface area (TPSA) is 138 Å². The largest absolute Gasteiger partial charge is 0.493 e. The van der Waals surface area contributed by atoms with E-state index < -0.39 is 11.8 Å². The monoisotopic (exact) mass is 474 g/mol. The molecule has 0 saturated heterocycles. The summed E-state index contributed by atoms with van der Waals surface area (Å²) in [6.07, 6.45) is 2.59. The van der Waals surface area contributed by atoms with Gasteiger partial charge in [0, 0.05) is 11.1 Å². The Bertz CT molecular complexity index is 1000. The molecule has 0 aliphatic carbocycles. The van der Waals surface area contributed by atoms with Gasteiger partial charge in [0.1, 0.15) is 0 Å². The van der Waals surface area contributed by atoms with E-state index in [9.17, 15) is 9.59 Å². The quantitative estimate of drug-likeness (QED) is 0.299. The van der Waals surface area contributed by atoms with Gasteiger partial charge in [-0.05, 0) is 24.3 Å². The number of hydrogen-bond donors (Lipinski definition) is 2. The molecule has 0 spiro atoms. The van der Waals surface area contributed by atoms with Crippen LogP contribution in [0.1, 0.15) is 11.1 Å². The summed E-state index contributed by atoms with van der Waals surface area (Å²) >= 11 is 0. The maximum Gasteiger partial charge on any atom is 0.331 e. The predicted molar refractivity (Wildman–Crippen MR) is 124 cm³/mol. The molecule has 0 unspecified atom stereocenters. The van der Waals surface area contributed by atoms with Crippen molar-refractivity contribution < 1.29 is 38.0 Å². The fourth-order valence-electron chi connectivity index (χ4n) is 2.87. The van der Waals surface area contributed by atoms with E-state index >= 15 is 0 Å². The molecule has 0 heterocycles. The van der Waals surface area contributed by atoms with Crippen molar-refractivity contribution in [1.82, 2.24) is 10.9 Å². The molecule has 0 aliphatic heterocycles. The molecule has 12 heteroatoms. The van der Waals surface area contributed by atoms with Crippen molar-refractivity contribution in [3.8, 4) is 34.5 Å². The van der Waals surface area contributed by atoms with E-state index in [2.05, 4.69) is 21.1 Å². The number of hydrazone groups is 2. The van der Waals surface area contributed by atoms with Gasteiger partial charge >= 0.3 is 11.8 Å². The third-order valence-electron chi connectivity index (χ3n) is 4.41. The van der Waals surface area contributed by atoms with Gasteiger partial charge in [-0.25, -0.2) is 10.9 Å². The average Bonchev–Trinajstić information content (AvgIpc) is 2.87. The van der Waals surface area contributed by atoms with Gasteiger partial charge in [0.2, 0.25) is 11.5 Å². The van der Waals surface area contributed by atoms with E-state index in [1.54, 1.807) is 24.3 Å². The Morgan fingerprint density at radius 2 is 0.941 bits per heavy atom. The highest BCUT2D eigenvalue weighted by molar-refractivity contribution is 6.35. The first-order valence-corrected chi connectivity index (χ1v) is 9.69. The van der Waals surface area contributed by atoms with E-state index in [0.717, 1.165) is 0 Å². The summed E-state index contributed by atoms with van der Waals surface area (Å²) < 4.78 is 31.6. The Balaban J connectivity index is 2.05. The van der Waals surface area contributed by atoms with Gasteiger partial charge < -0.3 is 28.4 Å². The molecule has 34 heavy (non-hydrogen) atoms.